The summed E-state index contributed by atoms with van der Waals surface area (Å²) < 4.78 is 22.7. The molecule has 1 aliphatic heterocycles. The molecule has 0 radical (unpaired) electrons. The largest absolute Gasteiger partial charge is 0.351 e. The number of carbonyl (C=O) groups excluding carboxylic acids is 1. The molecule has 116 valence electrons. The summed E-state index contributed by atoms with van der Waals surface area (Å²) in [5, 5.41) is 3.29. The fourth-order valence-corrected chi connectivity index (χ4v) is 4.76. The number of halogens is 1. The molecule has 4 nitrogen and oxygen atoms in total. The van der Waals surface area contributed by atoms with Gasteiger partial charge in [0.1, 0.15) is 0 Å². The maximum atomic E-state index is 12.0. The van der Waals surface area contributed by atoms with Gasteiger partial charge in [-0.25, -0.2) is 8.42 Å². The van der Waals surface area contributed by atoms with Crippen LogP contribution in [0.2, 0.25) is 5.02 Å². The molecule has 0 saturated carbocycles. The minimum atomic E-state index is -2.96. The van der Waals surface area contributed by atoms with E-state index >= 15 is 0 Å². The van der Waals surface area contributed by atoms with Crippen molar-refractivity contribution in [1.82, 2.24) is 5.32 Å². The molecular formula is C14H18ClNO3S2. The van der Waals surface area contributed by atoms with Crippen LogP contribution >= 0.6 is 23.4 Å². The highest BCUT2D eigenvalue weighted by molar-refractivity contribution is 7.99. The van der Waals surface area contributed by atoms with Crippen LogP contribution in [-0.4, -0.2) is 37.1 Å². The zero-order valence-electron chi connectivity index (χ0n) is 11.7. The van der Waals surface area contributed by atoms with Gasteiger partial charge in [0.25, 0.3) is 0 Å². The van der Waals surface area contributed by atoms with Crippen LogP contribution in [0.5, 0.6) is 0 Å². The van der Waals surface area contributed by atoms with Crippen molar-refractivity contribution in [2.75, 3.05) is 11.5 Å². The molecule has 0 aromatic heterocycles. The van der Waals surface area contributed by atoms with E-state index in [1.807, 2.05) is 31.2 Å². The van der Waals surface area contributed by atoms with Gasteiger partial charge in [0.05, 0.1) is 16.8 Å². The van der Waals surface area contributed by atoms with Crippen LogP contribution in [-0.2, 0) is 20.4 Å². The zero-order valence-corrected chi connectivity index (χ0v) is 14.1. The highest BCUT2D eigenvalue weighted by atomic mass is 35.5. The van der Waals surface area contributed by atoms with Gasteiger partial charge < -0.3 is 5.32 Å². The Kier molecular flexibility index (Phi) is 5.57. The standard InChI is InChI=1S/C14H18ClNO3S2/c1-10(20-8-11-2-4-12(15)5-3-11)14(17)16-13-6-7-21(18,19)9-13/h2-5,10,13H,6-9H2,1H3,(H,16,17)/t10-,13+/m0/s1. The average molecular weight is 348 g/mol. The van der Waals surface area contributed by atoms with E-state index in [1.165, 1.54) is 11.8 Å². The first kappa shape index (κ1) is 16.6. The molecule has 1 aromatic rings. The van der Waals surface area contributed by atoms with Gasteiger partial charge in [0.15, 0.2) is 9.84 Å². The molecule has 0 unspecified atom stereocenters. The molecule has 1 fully saturated rings. The second-order valence-electron chi connectivity index (χ2n) is 5.19. The first-order valence-electron chi connectivity index (χ1n) is 6.72. The second kappa shape index (κ2) is 7.03. The second-order valence-corrected chi connectivity index (χ2v) is 9.18. The fourth-order valence-electron chi connectivity index (χ4n) is 2.10. The highest BCUT2D eigenvalue weighted by Crippen LogP contribution is 2.20. The Morgan fingerprint density at radius 2 is 2.10 bits per heavy atom. The minimum Gasteiger partial charge on any atom is -0.351 e. The summed E-state index contributed by atoms with van der Waals surface area (Å²) in [5.74, 6) is 0.850. The van der Waals surface area contributed by atoms with E-state index in [0.717, 1.165) is 5.56 Å². The van der Waals surface area contributed by atoms with Crippen molar-refractivity contribution in [3.63, 3.8) is 0 Å². The molecule has 0 spiro atoms. The SMILES string of the molecule is C[C@H](SCc1ccc(Cl)cc1)C(=O)N[C@@H]1CCS(=O)(=O)C1. The Hall–Kier alpha value is -0.720. The fraction of sp³-hybridized carbons (Fsp3) is 0.500. The summed E-state index contributed by atoms with van der Waals surface area (Å²) in [6.45, 7) is 1.83. The summed E-state index contributed by atoms with van der Waals surface area (Å²) in [7, 11) is -2.96. The molecule has 1 aliphatic rings. The van der Waals surface area contributed by atoms with Crippen molar-refractivity contribution in [2.24, 2.45) is 0 Å². The lowest BCUT2D eigenvalue weighted by atomic mass is 10.2. The van der Waals surface area contributed by atoms with Gasteiger partial charge in [-0.1, -0.05) is 23.7 Å². The van der Waals surface area contributed by atoms with Gasteiger partial charge in [0, 0.05) is 16.8 Å². The third-order valence-corrected chi connectivity index (χ3v) is 6.60. The van der Waals surface area contributed by atoms with Gasteiger partial charge in [0.2, 0.25) is 5.91 Å². The molecule has 1 heterocycles. The molecule has 0 aliphatic carbocycles. The average Bonchev–Trinajstić information content (AvgIpc) is 2.77. The third kappa shape index (κ3) is 5.20. The van der Waals surface area contributed by atoms with E-state index in [9.17, 15) is 13.2 Å². The normalized spacial score (nSPS) is 21.9. The van der Waals surface area contributed by atoms with Gasteiger partial charge in [-0.2, -0.15) is 0 Å². The van der Waals surface area contributed by atoms with Crippen molar-refractivity contribution in [3.8, 4) is 0 Å². The quantitative estimate of drug-likeness (QED) is 0.887. The van der Waals surface area contributed by atoms with E-state index in [4.69, 9.17) is 11.6 Å². The Balaban J connectivity index is 1.79. The van der Waals surface area contributed by atoms with Crippen LogP contribution in [0.4, 0.5) is 0 Å². The first-order valence-corrected chi connectivity index (χ1v) is 9.97. The van der Waals surface area contributed by atoms with Crippen LogP contribution in [0, 0.1) is 0 Å². The molecule has 7 heteroatoms. The topological polar surface area (TPSA) is 63.2 Å². The van der Waals surface area contributed by atoms with Gasteiger partial charge in [-0.15, -0.1) is 11.8 Å². The Morgan fingerprint density at radius 3 is 2.67 bits per heavy atom. The monoisotopic (exact) mass is 347 g/mol. The Bertz CT molecular complexity index is 601. The van der Waals surface area contributed by atoms with Gasteiger partial charge in [-0.3, -0.25) is 4.79 Å². The van der Waals surface area contributed by atoms with Crippen LogP contribution in [0.25, 0.3) is 0 Å². The van der Waals surface area contributed by atoms with Crippen LogP contribution < -0.4 is 5.32 Å². The van der Waals surface area contributed by atoms with Gasteiger partial charge >= 0.3 is 0 Å². The number of benzene rings is 1. The minimum absolute atomic E-state index is 0.0628. The summed E-state index contributed by atoms with van der Waals surface area (Å²) in [4.78, 5) is 12.0. The Labute approximate surface area is 134 Å². The van der Waals surface area contributed by atoms with Crippen LogP contribution in [0.3, 0.4) is 0 Å². The molecule has 1 saturated heterocycles. The summed E-state index contributed by atoms with van der Waals surface area (Å²) in [5.41, 5.74) is 1.10. The van der Waals surface area contributed by atoms with Crippen molar-refractivity contribution in [1.29, 1.82) is 0 Å². The Morgan fingerprint density at radius 1 is 1.43 bits per heavy atom. The highest BCUT2D eigenvalue weighted by Gasteiger charge is 2.29. The number of carbonyl (C=O) groups is 1. The lowest BCUT2D eigenvalue weighted by Gasteiger charge is -2.15. The van der Waals surface area contributed by atoms with Crippen molar-refractivity contribution >= 4 is 39.1 Å². The molecular weight excluding hydrogens is 330 g/mol. The van der Waals surface area contributed by atoms with Gasteiger partial charge in [-0.05, 0) is 31.0 Å². The molecule has 2 rings (SSSR count). The van der Waals surface area contributed by atoms with E-state index < -0.39 is 9.84 Å². The summed E-state index contributed by atoms with van der Waals surface area (Å²) in [6.07, 6.45) is 0.517. The predicted octanol–water partition coefficient (Wildman–Crippen LogP) is 2.27. The van der Waals surface area contributed by atoms with E-state index in [-0.39, 0.29) is 28.7 Å². The number of rotatable bonds is 5. The van der Waals surface area contributed by atoms with Crippen LogP contribution in [0.1, 0.15) is 18.9 Å². The molecule has 1 aromatic carbocycles. The van der Waals surface area contributed by atoms with E-state index in [2.05, 4.69) is 5.32 Å². The van der Waals surface area contributed by atoms with Crippen LogP contribution in [0.15, 0.2) is 24.3 Å². The van der Waals surface area contributed by atoms with Crippen molar-refractivity contribution < 1.29 is 13.2 Å². The molecule has 1 amide bonds. The van der Waals surface area contributed by atoms with Crippen molar-refractivity contribution in [3.05, 3.63) is 34.9 Å². The molecule has 0 bridgehead atoms. The maximum Gasteiger partial charge on any atom is 0.233 e. The smallest absolute Gasteiger partial charge is 0.233 e. The predicted molar refractivity (Wildman–Crippen MR) is 87.4 cm³/mol. The number of thioether (sulfide) groups is 1. The number of amides is 1. The summed E-state index contributed by atoms with van der Waals surface area (Å²) in [6, 6.07) is 7.28. The molecule has 2 atom stereocenters. The number of nitrogens with one attached hydrogen (secondary N) is 1. The van der Waals surface area contributed by atoms with E-state index in [0.29, 0.717) is 17.2 Å². The molecule has 21 heavy (non-hydrogen) atoms. The summed E-state index contributed by atoms with van der Waals surface area (Å²) >= 11 is 7.35. The third-order valence-electron chi connectivity index (χ3n) is 3.36. The number of hydrogen-bond acceptors (Lipinski definition) is 4. The number of hydrogen-bond donors (Lipinski definition) is 1. The molecule has 1 N–H and O–H groups in total. The lowest BCUT2D eigenvalue weighted by Crippen LogP contribution is -2.40. The zero-order chi connectivity index (χ0) is 15.5. The first-order chi connectivity index (χ1) is 9.85. The maximum absolute atomic E-state index is 12.0. The van der Waals surface area contributed by atoms with E-state index in [1.54, 1.807) is 0 Å². The number of sulfone groups is 1. The lowest BCUT2D eigenvalue weighted by molar-refractivity contribution is -0.120. The van der Waals surface area contributed by atoms with Crippen molar-refractivity contribution in [2.45, 2.75) is 30.4 Å².